The normalized spacial score (nSPS) is 12.0. The molecule has 0 aliphatic rings. The van der Waals surface area contributed by atoms with Crippen molar-refractivity contribution < 1.29 is 5.11 Å². The zero-order valence-electron chi connectivity index (χ0n) is 19.9. The highest BCUT2D eigenvalue weighted by Crippen LogP contribution is 2.25. The number of rotatable bonds is 8. The van der Waals surface area contributed by atoms with Crippen molar-refractivity contribution in [3.63, 3.8) is 0 Å². The number of hydrogen-bond donors (Lipinski definition) is 1. The number of aryl methyl sites for hydroxylation is 3. The second kappa shape index (κ2) is 10.1. The van der Waals surface area contributed by atoms with E-state index in [1.807, 2.05) is 26.0 Å². The van der Waals surface area contributed by atoms with E-state index in [1.165, 1.54) is 27.6 Å². The lowest BCUT2D eigenvalue weighted by Gasteiger charge is -2.21. The van der Waals surface area contributed by atoms with Crippen LogP contribution in [0.1, 0.15) is 60.2 Å². The van der Waals surface area contributed by atoms with Crippen LogP contribution in [0.5, 0.6) is 0 Å². The molecule has 0 atom stereocenters. The van der Waals surface area contributed by atoms with E-state index < -0.39 is 5.60 Å². The van der Waals surface area contributed by atoms with E-state index in [4.69, 9.17) is 4.98 Å². The van der Waals surface area contributed by atoms with E-state index in [1.54, 1.807) is 0 Å². The smallest absolute Gasteiger partial charge is 0.0843 e. The van der Waals surface area contributed by atoms with Crippen molar-refractivity contribution in [2.45, 2.75) is 52.1 Å². The molecular weight excluding hydrogens is 402 g/mol. The second-order valence-corrected chi connectivity index (χ2v) is 9.43. The van der Waals surface area contributed by atoms with Crippen LogP contribution in [0.25, 0.3) is 23.1 Å². The highest BCUT2D eigenvalue weighted by molar-refractivity contribution is 5.81. The predicted molar refractivity (Wildman–Crippen MR) is 140 cm³/mol. The van der Waals surface area contributed by atoms with Gasteiger partial charge in [0.05, 0.1) is 16.8 Å². The number of nitrogens with zero attached hydrogens (tertiary/aromatic N) is 1. The van der Waals surface area contributed by atoms with E-state index in [2.05, 4.69) is 85.8 Å². The van der Waals surface area contributed by atoms with Crippen LogP contribution in [0.2, 0.25) is 0 Å². The fraction of sp³-hybridized carbons (Fsp3) is 0.258. The van der Waals surface area contributed by atoms with Gasteiger partial charge in [-0.2, -0.15) is 0 Å². The third-order valence-corrected chi connectivity index (χ3v) is 6.10. The van der Waals surface area contributed by atoms with Gasteiger partial charge in [-0.15, -0.1) is 0 Å². The van der Waals surface area contributed by atoms with Gasteiger partial charge < -0.3 is 5.11 Å². The Labute approximate surface area is 197 Å². The topological polar surface area (TPSA) is 33.1 Å². The Morgan fingerprint density at radius 1 is 0.818 bits per heavy atom. The number of benzene rings is 3. The summed E-state index contributed by atoms with van der Waals surface area (Å²) in [6.45, 7) is 5.82. The van der Waals surface area contributed by atoms with Gasteiger partial charge in [0.2, 0.25) is 0 Å². The number of hydrogen-bond acceptors (Lipinski definition) is 2. The van der Waals surface area contributed by atoms with Gasteiger partial charge in [0.25, 0.3) is 0 Å². The molecule has 2 nitrogen and oxygen atoms in total. The van der Waals surface area contributed by atoms with Gasteiger partial charge in [-0.3, -0.25) is 0 Å². The highest BCUT2D eigenvalue weighted by Gasteiger charge is 2.18. The first-order chi connectivity index (χ1) is 15.9. The first-order valence-electron chi connectivity index (χ1n) is 11.8. The van der Waals surface area contributed by atoms with Crippen molar-refractivity contribution in [3.8, 4) is 0 Å². The van der Waals surface area contributed by atoms with Gasteiger partial charge in [-0.25, -0.2) is 4.98 Å². The molecule has 4 rings (SSSR count). The van der Waals surface area contributed by atoms with Crippen LogP contribution < -0.4 is 0 Å². The van der Waals surface area contributed by atoms with Crippen LogP contribution in [-0.2, 0) is 18.4 Å². The van der Waals surface area contributed by atoms with E-state index in [9.17, 15) is 5.11 Å². The maximum absolute atomic E-state index is 10.4. The molecule has 4 aromatic rings. The Morgan fingerprint density at radius 2 is 1.61 bits per heavy atom. The van der Waals surface area contributed by atoms with Crippen LogP contribution >= 0.6 is 0 Å². The predicted octanol–water partition coefficient (Wildman–Crippen LogP) is 7.51. The zero-order chi connectivity index (χ0) is 23.3. The molecule has 0 radical (unpaired) electrons. The SMILES string of the molecule is Cc1ccc2ccc(/C=C/c3cccc(CCCCc4ccccc4C(C)(C)O)c3)nc2c1. The van der Waals surface area contributed by atoms with Crippen LogP contribution in [-0.4, -0.2) is 10.1 Å². The summed E-state index contributed by atoms with van der Waals surface area (Å²) in [5, 5.41) is 11.6. The average Bonchev–Trinajstić information content (AvgIpc) is 2.80. The number of fused-ring (bicyclic) bond motifs is 1. The Kier molecular flexibility index (Phi) is 7.05. The van der Waals surface area contributed by atoms with Crippen LogP contribution in [0.3, 0.4) is 0 Å². The molecule has 0 unspecified atom stereocenters. The minimum absolute atomic E-state index is 0.796. The van der Waals surface area contributed by atoms with Gasteiger partial charge in [-0.05, 0) is 92.5 Å². The van der Waals surface area contributed by atoms with E-state index in [-0.39, 0.29) is 0 Å². The standard InChI is InChI=1S/C31H33NO/c1-23-15-17-27-18-20-28(32-30(27)21-23)19-16-25-11-8-10-24(22-25)9-4-5-12-26-13-6-7-14-29(26)31(2,3)33/h6-8,10-11,13-22,33H,4-5,9,12H2,1-3H3/b19-16+. The Hall–Kier alpha value is -3.23. The summed E-state index contributed by atoms with van der Waals surface area (Å²) < 4.78 is 0. The largest absolute Gasteiger partial charge is 0.386 e. The van der Waals surface area contributed by atoms with E-state index in [0.717, 1.165) is 42.5 Å². The monoisotopic (exact) mass is 435 g/mol. The fourth-order valence-electron chi connectivity index (χ4n) is 4.35. The maximum atomic E-state index is 10.4. The van der Waals surface area contributed by atoms with Gasteiger partial charge in [-0.1, -0.05) is 72.8 Å². The molecule has 168 valence electrons. The summed E-state index contributed by atoms with van der Waals surface area (Å²) in [6.07, 6.45) is 8.51. The highest BCUT2D eigenvalue weighted by atomic mass is 16.3. The summed E-state index contributed by atoms with van der Waals surface area (Å²) in [7, 11) is 0. The zero-order valence-corrected chi connectivity index (χ0v) is 19.9. The number of unbranched alkanes of at least 4 members (excludes halogenated alkanes) is 1. The molecular formula is C31H33NO. The van der Waals surface area contributed by atoms with E-state index >= 15 is 0 Å². The molecule has 33 heavy (non-hydrogen) atoms. The van der Waals surface area contributed by atoms with Crippen LogP contribution in [0, 0.1) is 6.92 Å². The van der Waals surface area contributed by atoms with Crippen molar-refractivity contribution in [2.75, 3.05) is 0 Å². The Bertz CT molecular complexity index is 1260. The first kappa shape index (κ1) is 22.9. The molecule has 3 aromatic carbocycles. The first-order valence-corrected chi connectivity index (χ1v) is 11.8. The summed E-state index contributed by atoms with van der Waals surface area (Å²) in [6, 6.07) is 27.6. The van der Waals surface area contributed by atoms with Gasteiger partial charge >= 0.3 is 0 Å². The van der Waals surface area contributed by atoms with Gasteiger partial charge in [0, 0.05) is 5.39 Å². The lowest BCUT2D eigenvalue weighted by molar-refractivity contribution is 0.0776. The third-order valence-electron chi connectivity index (χ3n) is 6.10. The molecule has 0 saturated carbocycles. The van der Waals surface area contributed by atoms with Crippen molar-refractivity contribution in [2.24, 2.45) is 0 Å². The number of pyridine rings is 1. The van der Waals surface area contributed by atoms with Crippen LogP contribution in [0.4, 0.5) is 0 Å². The molecule has 0 fully saturated rings. The molecule has 0 spiro atoms. The molecule has 0 saturated heterocycles. The average molecular weight is 436 g/mol. The molecule has 2 heteroatoms. The van der Waals surface area contributed by atoms with Crippen molar-refractivity contribution in [3.05, 3.63) is 112 Å². The second-order valence-electron chi connectivity index (χ2n) is 9.43. The maximum Gasteiger partial charge on any atom is 0.0843 e. The molecule has 1 heterocycles. The minimum Gasteiger partial charge on any atom is -0.386 e. The minimum atomic E-state index is -0.796. The molecule has 0 aliphatic heterocycles. The molecule has 0 aliphatic carbocycles. The Balaban J connectivity index is 1.36. The summed E-state index contributed by atoms with van der Waals surface area (Å²) >= 11 is 0. The summed E-state index contributed by atoms with van der Waals surface area (Å²) in [4.78, 5) is 4.78. The fourth-order valence-corrected chi connectivity index (χ4v) is 4.35. The summed E-state index contributed by atoms with van der Waals surface area (Å²) in [5.41, 5.74) is 7.29. The lowest BCUT2D eigenvalue weighted by atomic mass is 9.90. The van der Waals surface area contributed by atoms with Crippen LogP contribution in [0.15, 0.2) is 78.9 Å². The molecule has 1 N–H and O–H groups in total. The van der Waals surface area contributed by atoms with E-state index in [0.29, 0.717) is 0 Å². The van der Waals surface area contributed by atoms with Gasteiger partial charge in [0.1, 0.15) is 0 Å². The van der Waals surface area contributed by atoms with Crippen molar-refractivity contribution in [1.82, 2.24) is 4.98 Å². The summed E-state index contributed by atoms with van der Waals surface area (Å²) in [5.74, 6) is 0. The quantitative estimate of drug-likeness (QED) is 0.291. The molecule has 0 amide bonds. The number of aromatic nitrogens is 1. The Morgan fingerprint density at radius 3 is 2.45 bits per heavy atom. The lowest BCUT2D eigenvalue weighted by Crippen LogP contribution is -2.17. The number of aliphatic hydroxyl groups is 1. The van der Waals surface area contributed by atoms with Gasteiger partial charge in [0.15, 0.2) is 0 Å². The third kappa shape index (κ3) is 6.18. The molecule has 0 bridgehead atoms. The van der Waals surface area contributed by atoms with Crippen molar-refractivity contribution in [1.29, 1.82) is 0 Å². The van der Waals surface area contributed by atoms with Crippen molar-refractivity contribution >= 4 is 23.1 Å². The molecule has 1 aromatic heterocycles.